The van der Waals surface area contributed by atoms with Crippen molar-refractivity contribution in [3.63, 3.8) is 0 Å². The molecule has 104 valence electrons. The van der Waals surface area contributed by atoms with Gasteiger partial charge in [-0.3, -0.25) is 4.79 Å². The molecule has 3 nitrogen and oxygen atoms in total. The van der Waals surface area contributed by atoms with Crippen LogP contribution in [0.1, 0.15) is 41.6 Å². The Morgan fingerprint density at radius 1 is 1.26 bits per heavy atom. The van der Waals surface area contributed by atoms with E-state index in [4.69, 9.17) is 9.47 Å². The van der Waals surface area contributed by atoms with E-state index in [1.165, 1.54) is 0 Å². The van der Waals surface area contributed by atoms with Crippen molar-refractivity contribution < 1.29 is 14.3 Å². The maximum absolute atomic E-state index is 12.1. The molecule has 1 aromatic rings. The molecular formula is C16H22O3. The van der Waals surface area contributed by atoms with Crippen LogP contribution in [0.2, 0.25) is 0 Å². The Hall–Kier alpha value is -1.19. The molecule has 0 heterocycles. The van der Waals surface area contributed by atoms with E-state index >= 15 is 0 Å². The molecular weight excluding hydrogens is 240 g/mol. The van der Waals surface area contributed by atoms with Crippen LogP contribution in [0.4, 0.5) is 0 Å². The Labute approximate surface area is 114 Å². The predicted molar refractivity (Wildman–Crippen MR) is 74.5 cm³/mol. The van der Waals surface area contributed by atoms with Gasteiger partial charge in [0.2, 0.25) is 0 Å². The molecule has 0 aliphatic heterocycles. The van der Waals surface area contributed by atoms with Crippen LogP contribution in [-0.2, 0) is 9.47 Å². The first-order valence-electron chi connectivity index (χ1n) is 6.94. The van der Waals surface area contributed by atoms with Crippen LogP contribution in [-0.4, -0.2) is 31.7 Å². The molecule has 1 aliphatic rings. The minimum atomic E-state index is 0.0673. The second-order valence-corrected chi connectivity index (χ2v) is 5.20. The summed E-state index contributed by atoms with van der Waals surface area (Å²) < 4.78 is 11.1. The Balaban J connectivity index is 1.85. The molecule has 3 heteroatoms. The molecule has 1 saturated carbocycles. The van der Waals surface area contributed by atoms with E-state index < -0.39 is 0 Å². The van der Waals surface area contributed by atoms with Gasteiger partial charge < -0.3 is 9.47 Å². The molecule has 2 atom stereocenters. The number of ether oxygens (including phenoxy) is 2. The van der Waals surface area contributed by atoms with Gasteiger partial charge in [-0.1, -0.05) is 24.3 Å². The third kappa shape index (κ3) is 3.88. The summed E-state index contributed by atoms with van der Waals surface area (Å²) in [5.41, 5.74) is 1.77. The number of carbonyl (C=O) groups is 1. The summed E-state index contributed by atoms with van der Waals surface area (Å²) in [5, 5.41) is 0. The lowest BCUT2D eigenvalue weighted by Crippen LogP contribution is -2.29. The topological polar surface area (TPSA) is 35.5 Å². The first kappa shape index (κ1) is 14.2. The lowest BCUT2D eigenvalue weighted by Gasteiger charge is -2.28. The van der Waals surface area contributed by atoms with Crippen LogP contribution in [0.25, 0.3) is 0 Å². The fourth-order valence-electron chi connectivity index (χ4n) is 2.62. The summed E-state index contributed by atoms with van der Waals surface area (Å²) in [6.07, 6.45) is 4.58. The van der Waals surface area contributed by atoms with Crippen molar-refractivity contribution in [2.45, 2.75) is 44.8 Å². The molecule has 0 radical (unpaired) electrons. The number of hydrogen-bond donors (Lipinski definition) is 0. The average molecular weight is 262 g/mol. The largest absolute Gasteiger partial charge is 0.381 e. The maximum Gasteiger partial charge on any atom is 0.188 e. The molecule has 1 aromatic carbocycles. The maximum atomic E-state index is 12.1. The number of methoxy groups -OCH3 is 1. The number of benzene rings is 1. The van der Waals surface area contributed by atoms with E-state index in [1.54, 1.807) is 7.11 Å². The number of Topliss-reactive ketones (excluding diaryl/α,β-unsaturated/α-hetero) is 1. The zero-order valence-electron chi connectivity index (χ0n) is 11.7. The summed E-state index contributed by atoms with van der Waals surface area (Å²) in [7, 11) is 1.74. The second-order valence-electron chi connectivity index (χ2n) is 5.20. The molecule has 1 fully saturated rings. The fourth-order valence-corrected chi connectivity index (χ4v) is 2.62. The number of rotatable bonds is 5. The molecule has 1 aliphatic carbocycles. The van der Waals surface area contributed by atoms with Crippen molar-refractivity contribution in [2.75, 3.05) is 13.7 Å². The van der Waals surface area contributed by atoms with Gasteiger partial charge in [0.15, 0.2) is 5.78 Å². The van der Waals surface area contributed by atoms with Crippen molar-refractivity contribution in [3.05, 3.63) is 35.4 Å². The van der Waals surface area contributed by atoms with Gasteiger partial charge in [-0.05, 0) is 38.2 Å². The molecule has 0 spiro atoms. The molecule has 0 saturated heterocycles. The number of hydrogen-bond acceptors (Lipinski definition) is 3. The summed E-state index contributed by atoms with van der Waals surface area (Å²) >= 11 is 0. The van der Waals surface area contributed by atoms with Gasteiger partial charge in [0.25, 0.3) is 0 Å². The van der Waals surface area contributed by atoms with E-state index in [0.29, 0.717) is 0 Å². The van der Waals surface area contributed by atoms with E-state index in [0.717, 1.165) is 36.8 Å². The van der Waals surface area contributed by atoms with Gasteiger partial charge in [-0.15, -0.1) is 0 Å². The van der Waals surface area contributed by atoms with Crippen LogP contribution in [0.3, 0.4) is 0 Å². The first-order valence-corrected chi connectivity index (χ1v) is 6.94. The monoisotopic (exact) mass is 262 g/mol. The summed E-state index contributed by atoms with van der Waals surface area (Å²) in [6, 6.07) is 7.65. The van der Waals surface area contributed by atoms with Crippen molar-refractivity contribution in [1.82, 2.24) is 0 Å². The zero-order chi connectivity index (χ0) is 13.7. The highest BCUT2D eigenvalue weighted by atomic mass is 16.5. The van der Waals surface area contributed by atoms with Gasteiger partial charge in [0.05, 0.1) is 12.2 Å². The third-order valence-electron chi connectivity index (χ3n) is 3.81. The lowest BCUT2D eigenvalue weighted by molar-refractivity contribution is -0.0243. The molecule has 0 bridgehead atoms. The van der Waals surface area contributed by atoms with Crippen LogP contribution in [0.15, 0.2) is 24.3 Å². The van der Waals surface area contributed by atoms with E-state index in [-0.39, 0.29) is 24.6 Å². The van der Waals surface area contributed by atoms with Crippen LogP contribution in [0.5, 0.6) is 0 Å². The standard InChI is InChI=1S/C16H22O3/c1-12-6-3-4-9-15(12)16(17)11-19-14-8-5-7-13(10-14)18-2/h3-4,6,9,13-14H,5,7-8,10-11H2,1-2H3. The SMILES string of the molecule is COC1CCCC(OCC(=O)c2ccccc2C)C1. The Morgan fingerprint density at radius 2 is 2.00 bits per heavy atom. The lowest BCUT2D eigenvalue weighted by atomic mass is 9.95. The molecule has 0 aromatic heterocycles. The van der Waals surface area contributed by atoms with Crippen LogP contribution < -0.4 is 0 Å². The van der Waals surface area contributed by atoms with Gasteiger partial charge in [-0.2, -0.15) is 0 Å². The van der Waals surface area contributed by atoms with Crippen LogP contribution in [0, 0.1) is 6.92 Å². The van der Waals surface area contributed by atoms with Crippen molar-refractivity contribution in [2.24, 2.45) is 0 Å². The number of carbonyl (C=O) groups excluding carboxylic acids is 1. The quantitative estimate of drug-likeness (QED) is 0.765. The third-order valence-corrected chi connectivity index (χ3v) is 3.81. The highest BCUT2D eigenvalue weighted by Gasteiger charge is 2.23. The average Bonchev–Trinajstić information content (AvgIpc) is 2.45. The summed E-state index contributed by atoms with van der Waals surface area (Å²) in [4.78, 5) is 12.1. The van der Waals surface area contributed by atoms with Gasteiger partial charge in [0, 0.05) is 12.7 Å². The highest BCUT2D eigenvalue weighted by molar-refractivity contribution is 5.98. The van der Waals surface area contributed by atoms with Crippen molar-refractivity contribution >= 4 is 5.78 Å². The normalized spacial score (nSPS) is 23.3. The molecule has 0 amide bonds. The Morgan fingerprint density at radius 3 is 2.74 bits per heavy atom. The van der Waals surface area contributed by atoms with E-state index in [1.807, 2.05) is 31.2 Å². The second kappa shape index (κ2) is 6.83. The predicted octanol–water partition coefficient (Wildman–Crippen LogP) is 3.15. The van der Waals surface area contributed by atoms with Crippen molar-refractivity contribution in [3.8, 4) is 0 Å². The van der Waals surface area contributed by atoms with Crippen LogP contribution >= 0.6 is 0 Å². The molecule has 19 heavy (non-hydrogen) atoms. The minimum absolute atomic E-state index is 0.0673. The van der Waals surface area contributed by atoms with Crippen molar-refractivity contribution in [1.29, 1.82) is 0 Å². The highest BCUT2D eigenvalue weighted by Crippen LogP contribution is 2.23. The molecule has 2 rings (SSSR count). The Bertz CT molecular complexity index is 428. The minimum Gasteiger partial charge on any atom is -0.381 e. The van der Waals surface area contributed by atoms with Gasteiger partial charge in [-0.25, -0.2) is 0 Å². The number of aryl methyl sites for hydroxylation is 1. The fraction of sp³-hybridized carbons (Fsp3) is 0.562. The molecule has 2 unspecified atom stereocenters. The summed E-state index contributed by atoms with van der Waals surface area (Å²) in [5.74, 6) is 0.0673. The molecule has 0 N–H and O–H groups in total. The first-order chi connectivity index (χ1) is 9.20. The van der Waals surface area contributed by atoms with E-state index in [2.05, 4.69) is 0 Å². The number of ketones is 1. The Kier molecular flexibility index (Phi) is 5.11. The van der Waals surface area contributed by atoms with Gasteiger partial charge in [0.1, 0.15) is 6.61 Å². The smallest absolute Gasteiger partial charge is 0.188 e. The zero-order valence-corrected chi connectivity index (χ0v) is 11.7. The van der Waals surface area contributed by atoms with E-state index in [9.17, 15) is 4.79 Å². The summed E-state index contributed by atoms with van der Waals surface area (Å²) in [6.45, 7) is 2.13. The van der Waals surface area contributed by atoms with Gasteiger partial charge >= 0.3 is 0 Å².